The molecule has 2 aromatic rings. The number of hydrogen-bond donors (Lipinski definition) is 2. The van der Waals surface area contributed by atoms with E-state index in [1.54, 1.807) is 32.0 Å². The number of piperidine rings is 1. The van der Waals surface area contributed by atoms with Gasteiger partial charge in [-0.25, -0.2) is 0 Å². The Morgan fingerprint density at radius 1 is 1.32 bits per heavy atom. The van der Waals surface area contributed by atoms with Gasteiger partial charge in [0.25, 0.3) is 5.91 Å². The van der Waals surface area contributed by atoms with Crippen molar-refractivity contribution in [3.05, 3.63) is 46.9 Å². The van der Waals surface area contributed by atoms with Crippen molar-refractivity contribution in [1.82, 2.24) is 0 Å². The summed E-state index contributed by atoms with van der Waals surface area (Å²) < 4.78 is 5.39. The first-order valence-corrected chi connectivity index (χ1v) is 8.33. The number of aliphatic hydroxyl groups excluding tert-OH is 1. The van der Waals surface area contributed by atoms with Crippen LogP contribution in [0.4, 0.5) is 11.4 Å². The van der Waals surface area contributed by atoms with Crippen LogP contribution in [0.2, 0.25) is 0 Å². The van der Waals surface area contributed by atoms with Crippen LogP contribution < -0.4 is 10.2 Å². The Bertz CT molecular complexity index is 827. The number of furan rings is 1. The molecule has 0 atom stereocenters. The molecule has 0 spiro atoms. The van der Waals surface area contributed by atoms with Crippen LogP contribution in [-0.2, 0) is 0 Å². The van der Waals surface area contributed by atoms with E-state index in [0.717, 1.165) is 18.8 Å². The van der Waals surface area contributed by atoms with Crippen molar-refractivity contribution in [2.45, 2.75) is 32.8 Å². The molecule has 6 nitrogen and oxygen atoms in total. The number of rotatable bonds is 3. The summed E-state index contributed by atoms with van der Waals surface area (Å²) in [6.07, 6.45) is 1.13. The van der Waals surface area contributed by atoms with Gasteiger partial charge in [-0.3, -0.25) is 4.79 Å². The Kier molecular flexibility index (Phi) is 4.77. The number of carbonyl (C=O) groups is 1. The van der Waals surface area contributed by atoms with Gasteiger partial charge >= 0.3 is 0 Å². The lowest BCUT2D eigenvalue weighted by molar-refractivity contribution is 0.102. The number of aryl methyl sites for hydroxylation is 2. The summed E-state index contributed by atoms with van der Waals surface area (Å²) in [5.41, 5.74) is 2.41. The highest BCUT2D eigenvalue weighted by atomic mass is 16.3. The summed E-state index contributed by atoms with van der Waals surface area (Å²) in [5.74, 6) is 0.995. The Labute approximate surface area is 146 Å². The molecule has 0 aliphatic carbocycles. The highest BCUT2D eigenvalue weighted by Crippen LogP contribution is 2.27. The van der Waals surface area contributed by atoms with Crippen molar-refractivity contribution in [2.24, 2.45) is 0 Å². The van der Waals surface area contributed by atoms with Gasteiger partial charge in [-0.05, 0) is 51.0 Å². The van der Waals surface area contributed by atoms with Gasteiger partial charge in [-0.1, -0.05) is 0 Å². The summed E-state index contributed by atoms with van der Waals surface area (Å²) in [6, 6.07) is 9.22. The van der Waals surface area contributed by atoms with Gasteiger partial charge in [0.1, 0.15) is 17.6 Å². The van der Waals surface area contributed by atoms with Crippen LogP contribution in [0.5, 0.6) is 0 Å². The van der Waals surface area contributed by atoms with E-state index in [4.69, 9.17) is 4.42 Å². The molecule has 1 aliphatic heterocycles. The first-order chi connectivity index (χ1) is 12.0. The quantitative estimate of drug-likeness (QED) is 0.897. The minimum Gasteiger partial charge on any atom is -0.466 e. The van der Waals surface area contributed by atoms with Crippen molar-refractivity contribution >= 4 is 17.3 Å². The van der Waals surface area contributed by atoms with Crippen molar-refractivity contribution in [2.75, 3.05) is 23.3 Å². The predicted molar refractivity (Wildman–Crippen MR) is 94.7 cm³/mol. The standard InChI is InChI=1S/C19H21N3O3/c1-12-9-17(13(2)25-12)19(24)21-15-3-4-18(14(10-15)11-20)22-7-5-16(23)6-8-22/h3-4,9-10,16,23H,5-8H2,1-2H3,(H,21,24). The summed E-state index contributed by atoms with van der Waals surface area (Å²) in [5, 5.41) is 21.9. The van der Waals surface area contributed by atoms with Crippen LogP contribution in [-0.4, -0.2) is 30.2 Å². The topological polar surface area (TPSA) is 89.5 Å². The molecule has 1 fully saturated rings. The van der Waals surface area contributed by atoms with E-state index >= 15 is 0 Å². The van der Waals surface area contributed by atoms with Gasteiger partial charge in [0.15, 0.2) is 0 Å². The third-order valence-corrected chi connectivity index (χ3v) is 4.47. The van der Waals surface area contributed by atoms with Gasteiger partial charge < -0.3 is 19.7 Å². The van der Waals surface area contributed by atoms with Crippen molar-refractivity contribution < 1.29 is 14.3 Å². The minimum atomic E-state index is -0.262. The van der Waals surface area contributed by atoms with E-state index in [1.165, 1.54) is 0 Å². The average molecular weight is 339 g/mol. The second kappa shape index (κ2) is 6.99. The maximum absolute atomic E-state index is 12.4. The first kappa shape index (κ1) is 17.1. The van der Waals surface area contributed by atoms with Gasteiger partial charge in [0, 0.05) is 18.8 Å². The second-order valence-corrected chi connectivity index (χ2v) is 6.34. The lowest BCUT2D eigenvalue weighted by Crippen LogP contribution is -2.36. The number of benzene rings is 1. The largest absolute Gasteiger partial charge is 0.466 e. The SMILES string of the molecule is Cc1cc(C(=O)Nc2ccc(N3CCC(O)CC3)c(C#N)c2)c(C)o1. The van der Waals surface area contributed by atoms with E-state index in [-0.39, 0.29) is 12.0 Å². The summed E-state index contributed by atoms with van der Waals surface area (Å²) >= 11 is 0. The third kappa shape index (κ3) is 3.67. The normalized spacial score (nSPS) is 15.0. The highest BCUT2D eigenvalue weighted by molar-refractivity contribution is 6.05. The van der Waals surface area contributed by atoms with Crippen molar-refractivity contribution in [3.63, 3.8) is 0 Å². The van der Waals surface area contributed by atoms with Crippen LogP contribution >= 0.6 is 0 Å². The lowest BCUT2D eigenvalue weighted by atomic mass is 10.0. The molecule has 1 aliphatic rings. The molecule has 130 valence electrons. The maximum Gasteiger partial charge on any atom is 0.259 e. The fraction of sp³-hybridized carbons (Fsp3) is 0.368. The molecule has 1 aromatic carbocycles. The highest BCUT2D eigenvalue weighted by Gasteiger charge is 2.20. The van der Waals surface area contributed by atoms with E-state index in [2.05, 4.69) is 16.3 Å². The predicted octanol–water partition coefficient (Wildman–Crippen LogP) is 2.98. The molecule has 0 saturated carbocycles. The molecule has 0 radical (unpaired) electrons. The van der Waals surface area contributed by atoms with Crippen LogP contribution in [0.25, 0.3) is 0 Å². The van der Waals surface area contributed by atoms with Crippen LogP contribution in [0.15, 0.2) is 28.7 Å². The molecule has 2 heterocycles. The number of aliphatic hydroxyl groups is 1. The van der Waals surface area contributed by atoms with E-state index in [0.29, 0.717) is 41.2 Å². The molecule has 2 N–H and O–H groups in total. The molecule has 0 unspecified atom stereocenters. The summed E-state index contributed by atoms with van der Waals surface area (Å²) in [4.78, 5) is 14.5. The first-order valence-electron chi connectivity index (χ1n) is 8.33. The molecule has 6 heteroatoms. The Morgan fingerprint density at radius 3 is 2.64 bits per heavy atom. The fourth-order valence-electron chi connectivity index (χ4n) is 3.14. The smallest absolute Gasteiger partial charge is 0.259 e. The molecular formula is C19H21N3O3. The second-order valence-electron chi connectivity index (χ2n) is 6.34. The van der Waals surface area contributed by atoms with Crippen molar-refractivity contribution in [3.8, 4) is 6.07 Å². The lowest BCUT2D eigenvalue weighted by Gasteiger charge is -2.32. The maximum atomic E-state index is 12.4. The van der Waals surface area contributed by atoms with Crippen LogP contribution in [0, 0.1) is 25.2 Å². The Balaban J connectivity index is 1.79. The Morgan fingerprint density at radius 2 is 2.04 bits per heavy atom. The zero-order valence-corrected chi connectivity index (χ0v) is 14.4. The number of anilines is 2. The molecule has 1 aromatic heterocycles. The average Bonchev–Trinajstić information content (AvgIpc) is 2.94. The number of hydrogen-bond acceptors (Lipinski definition) is 5. The molecule has 0 bridgehead atoms. The zero-order chi connectivity index (χ0) is 18.0. The Hall–Kier alpha value is -2.78. The number of carbonyl (C=O) groups excluding carboxylic acids is 1. The fourth-order valence-corrected chi connectivity index (χ4v) is 3.14. The summed E-state index contributed by atoms with van der Waals surface area (Å²) in [6.45, 7) is 4.97. The van der Waals surface area contributed by atoms with E-state index in [1.807, 2.05) is 6.07 Å². The molecule has 1 amide bonds. The number of nitrogens with one attached hydrogen (secondary N) is 1. The van der Waals surface area contributed by atoms with Crippen LogP contribution in [0.3, 0.4) is 0 Å². The van der Waals surface area contributed by atoms with Gasteiger partial charge in [-0.2, -0.15) is 5.26 Å². The van der Waals surface area contributed by atoms with Crippen LogP contribution in [0.1, 0.15) is 40.3 Å². The zero-order valence-electron chi connectivity index (χ0n) is 14.4. The van der Waals surface area contributed by atoms with Gasteiger partial charge in [-0.15, -0.1) is 0 Å². The van der Waals surface area contributed by atoms with Crippen molar-refractivity contribution in [1.29, 1.82) is 5.26 Å². The number of nitriles is 1. The van der Waals surface area contributed by atoms with Gasteiger partial charge in [0.05, 0.1) is 22.9 Å². The van der Waals surface area contributed by atoms with E-state index < -0.39 is 0 Å². The summed E-state index contributed by atoms with van der Waals surface area (Å²) in [7, 11) is 0. The minimum absolute atomic E-state index is 0.257. The molecule has 3 rings (SSSR count). The van der Waals surface area contributed by atoms with E-state index in [9.17, 15) is 15.2 Å². The monoisotopic (exact) mass is 339 g/mol. The van der Waals surface area contributed by atoms with Gasteiger partial charge in [0.2, 0.25) is 0 Å². The molecule has 1 saturated heterocycles. The molecule has 25 heavy (non-hydrogen) atoms. The molecular weight excluding hydrogens is 318 g/mol. The number of nitrogens with zero attached hydrogens (tertiary/aromatic N) is 2. The number of amides is 1. The third-order valence-electron chi connectivity index (χ3n) is 4.47.